The Morgan fingerprint density at radius 2 is 1.84 bits per heavy atom. The fourth-order valence-corrected chi connectivity index (χ4v) is 2.32. The molecule has 1 unspecified atom stereocenters. The van der Waals surface area contributed by atoms with E-state index in [1.54, 1.807) is 43.5 Å². The summed E-state index contributed by atoms with van der Waals surface area (Å²) in [5.41, 5.74) is 2.37. The molecule has 2 rings (SSSR count). The second-order valence-corrected chi connectivity index (χ2v) is 5.63. The van der Waals surface area contributed by atoms with Crippen molar-refractivity contribution in [3.63, 3.8) is 0 Å². The van der Waals surface area contributed by atoms with Crippen molar-refractivity contribution in [2.45, 2.75) is 19.9 Å². The fraction of sp³-hybridized carbons (Fsp3) is 0.263. The highest BCUT2D eigenvalue weighted by atomic mass is 16.5. The van der Waals surface area contributed by atoms with Crippen LogP contribution in [0.3, 0.4) is 0 Å². The van der Waals surface area contributed by atoms with Crippen molar-refractivity contribution >= 4 is 11.9 Å². The van der Waals surface area contributed by atoms with Gasteiger partial charge in [0.25, 0.3) is 5.91 Å². The topological polar surface area (TPSA) is 84.9 Å². The molecule has 0 saturated carbocycles. The van der Waals surface area contributed by atoms with Gasteiger partial charge < -0.3 is 19.9 Å². The van der Waals surface area contributed by atoms with Gasteiger partial charge in [-0.05, 0) is 49.2 Å². The first-order chi connectivity index (χ1) is 11.9. The van der Waals surface area contributed by atoms with Crippen LogP contribution in [0.25, 0.3) is 0 Å². The molecule has 2 N–H and O–H groups in total. The number of rotatable bonds is 7. The number of carbonyl (C=O) groups excluding carboxylic acids is 1. The number of methoxy groups -OCH3 is 1. The summed E-state index contributed by atoms with van der Waals surface area (Å²) in [5, 5.41) is 11.5. The van der Waals surface area contributed by atoms with E-state index in [1.807, 2.05) is 19.9 Å². The number of ether oxygens (including phenoxy) is 2. The lowest BCUT2D eigenvalue weighted by Gasteiger charge is -2.15. The van der Waals surface area contributed by atoms with Crippen molar-refractivity contribution in [2.75, 3.05) is 13.7 Å². The number of carbonyl (C=O) groups is 2. The number of benzene rings is 2. The molecule has 0 aliphatic heterocycles. The van der Waals surface area contributed by atoms with E-state index in [9.17, 15) is 9.59 Å². The largest absolute Gasteiger partial charge is 0.496 e. The second kappa shape index (κ2) is 8.19. The Kier molecular flexibility index (Phi) is 6.00. The van der Waals surface area contributed by atoms with E-state index in [1.165, 1.54) is 0 Å². The number of hydrogen-bond acceptors (Lipinski definition) is 4. The van der Waals surface area contributed by atoms with Crippen molar-refractivity contribution in [1.29, 1.82) is 0 Å². The summed E-state index contributed by atoms with van der Waals surface area (Å²) < 4.78 is 10.3. The molecule has 2 aromatic rings. The third kappa shape index (κ3) is 4.97. The maximum absolute atomic E-state index is 12.4. The molecule has 6 nitrogen and oxygen atoms in total. The van der Waals surface area contributed by atoms with Gasteiger partial charge in [-0.1, -0.05) is 18.2 Å². The van der Waals surface area contributed by atoms with E-state index < -0.39 is 5.97 Å². The second-order valence-electron chi connectivity index (χ2n) is 5.63. The minimum atomic E-state index is -1.03. The summed E-state index contributed by atoms with van der Waals surface area (Å²) in [6, 6.07) is 12.0. The van der Waals surface area contributed by atoms with Crippen molar-refractivity contribution in [1.82, 2.24) is 5.32 Å². The van der Waals surface area contributed by atoms with Crippen LogP contribution in [-0.4, -0.2) is 30.7 Å². The molecule has 0 aliphatic rings. The van der Waals surface area contributed by atoms with E-state index in [-0.39, 0.29) is 18.6 Å². The van der Waals surface area contributed by atoms with E-state index in [0.717, 1.165) is 11.1 Å². The van der Waals surface area contributed by atoms with Gasteiger partial charge in [-0.2, -0.15) is 0 Å². The van der Waals surface area contributed by atoms with Crippen LogP contribution in [-0.2, 0) is 4.79 Å². The summed E-state index contributed by atoms with van der Waals surface area (Å²) in [7, 11) is 1.57. The number of aryl methyl sites for hydroxylation is 1. The summed E-state index contributed by atoms with van der Waals surface area (Å²) in [6.45, 7) is 3.40. The SMILES string of the molecule is COc1cc(C(=O)NC(C)c2ccc(OCC(=O)O)cc2)ccc1C. The fourth-order valence-electron chi connectivity index (χ4n) is 2.32. The predicted octanol–water partition coefficient (Wildman–Crippen LogP) is 2.96. The maximum atomic E-state index is 12.4. The van der Waals surface area contributed by atoms with Gasteiger partial charge in [0.15, 0.2) is 6.61 Å². The average Bonchev–Trinajstić information content (AvgIpc) is 2.60. The van der Waals surface area contributed by atoms with Gasteiger partial charge in [-0.25, -0.2) is 4.79 Å². The molecule has 1 atom stereocenters. The lowest BCUT2D eigenvalue weighted by molar-refractivity contribution is -0.139. The van der Waals surface area contributed by atoms with Crippen molar-refractivity contribution in [2.24, 2.45) is 0 Å². The maximum Gasteiger partial charge on any atom is 0.341 e. The Labute approximate surface area is 146 Å². The van der Waals surface area contributed by atoms with Crippen molar-refractivity contribution < 1.29 is 24.2 Å². The summed E-state index contributed by atoms with van der Waals surface area (Å²) in [4.78, 5) is 22.9. The van der Waals surface area contributed by atoms with Crippen LogP contribution in [0.1, 0.15) is 34.5 Å². The zero-order valence-electron chi connectivity index (χ0n) is 14.4. The molecule has 0 radical (unpaired) electrons. The standard InChI is InChI=1S/C19H21NO5/c1-12-4-5-15(10-17(12)24-3)19(23)20-13(2)14-6-8-16(9-7-14)25-11-18(21)22/h4-10,13H,11H2,1-3H3,(H,20,23)(H,21,22). The smallest absolute Gasteiger partial charge is 0.341 e. The molecule has 25 heavy (non-hydrogen) atoms. The van der Waals surface area contributed by atoms with Gasteiger partial charge >= 0.3 is 5.97 Å². The monoisotopic (exact) mass is 343 g/mol. The van der Waals surface area contributed by atoms with Crippen LogP contribution >= 0.6 is 0 Å². The molecule has 0 aliphatic carbocycles. The zero-order valence-corrected chi connectivity index (χ0v) is 14.4. The molecule has 1 amide bonds. The summed E-state index contributed by atoms with van der Waals surface area (Å²) >= 11 is 0. The summed E-state index contributed by atoms with van der Waals surface area (Å²) in [5.74, 6) is -0.0941. The number of carboxylic acid groups (broad SMARTS) is 1. The predicted molar refractivity (Wildman–Crippen MR) is 93.2 cm³/mol. The van der Waals surface area contributed by atoms with Gasteiger partial charge in [-0.15, -0.1) is 0 Å². The summed E-state index contributed by atoms with van der Waals surface area (Å²) in [6.07, 6.45) is 0. The Morgan fingerprint density at radius 1 is 1.16 bits per heavy atom. The highest BCUT2D eigenvalue weighted by Gasteiger charge is 2.13. The highest BCUT2D eigenvalue weighted by Crippen LogP contribution is 2.21. The van der Waals surface area contributed by atoms with Crippen LogP contribution in [0, 0.1) is 6.92 Å². The van der Waals surface area contributed by atoms with Crippen LogP contribution < -0.4 is 14.8 Å². The van der Waals surface area contributed by atoms with Crippen molar-refractivity contribution in [3.05, 3.63) is 59.2 Å². The molecular formula is C19H21NO5. The molecule has 0 heterocycles. The van der Waals surface area contributed by atoms with Crippen LogP contribution in [0.4, 0.5) is 0 Å². The minimum Gasteiger partial charge on any atom is -0.496 e. The number of nitrogens with one attached hydrogen (secondary N) is 1. The molecule has 0 fully saturated rings. The van der Waals surface area contributed by atoms with E-state index in [0.29, 0.717) is 17.1 Å². The Morgan fingerprint density at radius 3 is 2.44 bits per heavy atom. The Balaban J connectivity index is 2.02. The lowest BCUT2D eigenvalue weighted by atomic mass is 10.1. The molecule has 0 aromatic heterocycles. The molecule has 0 spiro atoms. The molecule has 0 bridgehead atoms. The van der Waals surface area contributed by atoms with Gasteiger partial charge in [0.2, 0.25) is 0 Å². The Bertz CT molecular complexity index is 755. The number of carboxylic acids is 1. The third-order valence-electron chi connectivity index (χ3n) is 3.76. The van der Waals surface area contributed by atoms with E-state index in [2.05, 4.69) is 5.32 Å². The van der Waals surface area contributed by atoms with Gasteiger partial charge in [0.05, 0.1) is 13.2 Å². The molecular weight excluding hydrogens is 322 g/mol. The molecule has 2 aromatic carbocycles. The number of amides is 1. The molecule has 132 valence electrons. The van der Waals surface area contributed by atoms with Crippen molar-refractivity contribution in [3.8, 4) is 11.5 Å². The third-order valence-corrected chi connectivity index (χ3v) is 3.76. The normalized spacial score (nSPS) is 11.5. The van der Waals surface area contributed by atoms with Crippen LogP contribution in [0.15, 0.2) is 42.5 Å². The van der Waals surface area contributed by atoms with Crippen LogP contribution in [0.5, 0.6) is 11.5 Å². The molecule has 6 heteroatoms. The average molecular weight is 343 g/mol. The number of aliphatic carboxylic acids is 1. The van der Waals surface area contributed by atoms with Gasteiger partial charge in [0.1, 0.15) is 11.5 Å². The highest BCUT2D eigenvalue weighted by molar-refractivity contribution is 5.95. The van der Waals surface area contributed by atoms with Gasteiger partial charge in [-0.3, -0.25) is 4.79 Å². The first-order valence-corrected chi connectivity index (χ1v) is 7.80. The van der Waals surface area contributed by atoms with E-state index in [4.69, 9.17) is 14.6 Å². The lowest BCUT2D eigenvalue weighted by Crippen LogP contribution is -2.26. The zero-order chi connectivity index (χ0) is 18.4. The first-order valence-electron chi connectivity index (χ1n) is 7.80. The quantitative estimate of drug-likeness (QED) is 0.807. The molecule has 0 saturated heterocycles. The Hall–Kier alpha value is -3.02. The first kappa shape index (κ1) is 18.3. The number of hydrogen-bond donors (Lipinski definition) is 2. The van der Waals surface area contributed by atoms with Crippen LogP contribution in [0.2, 0.25) is 0 Å². The van der Waals surface area contributed by atoms with E-state index >= 15 is 0 Å². The van der Waals surface area contributed by atoms with Gasteiger partial charge in [0, 0.05) is 5.56 Å². The minimum absolute atomic E-state index is 0.197.